The van der Waals surface area contributed by atoms with E-state index < -0.39 is 0 Å². The molecule has 32 heavy (non-hydrogen) atoms. The van der Waals surface area contributed by atoms with E-state index in [2.05, 4.69) is 133 Å². The summed E-state index contributed by atoms with van der Waals surface area (Å²) >= 11 is 0. The minimum atomic E-state index is 0.928. The summed E-state index contributed by atoms with van der Waals surface area (Å²) in [6, 6.07) is 47.9. The van der Waals surface area contributed by atoms with Gasteiger partial charge in [-0.2, -0.15) is 0 Å². The third-order valence-corrected chi connectivity index (χ3v) is 6.02. The molecular formula is C32H26. The number of benzene rings is 5. The molecule has 0 N–H and O–H groups in total. The Morgan fingerprint density at radius 2 is 0.594 bits per heavy atom. The molecule has 0 radical (unpaired) electrons. The van der Waals surface area contributed by atoms with E-state index >= 15 is 0 Å². The molecule has 0 aliphatic heterocycles. The first kappa shape index (κ1) is 20.0. The molecule has 0 saturated heterocycles. The summed E-state index contributed by atoms with van der Waals surface area (Å²) in [5.41, 5.74) is 10.6. The third-order valence-electron chi connectivity index (χ3n) is 6.02. The lowest BCUT2D eigenvalue weighted by molar-refractivity contribution is 1.19. The molecule has 0 heterocycles. The van der Waals surface area contributed by atoms with Gasteiger partial charge in [-0.05, 0) is 57.3 Å². The average molecular weight is 411 g/mol. The zero-order valence-corrected chi connectivity index (χ0v) is 18.1. The van der Waals surface area contributed by atoms with Gasteiger partial charge in [-0.3, -0.25) is 0 Å². The maximum absolute atomic E-state index is 2.26. The summed E-state index contributed by atoms with van der Waals surface area (Å²) in [6.45, 7) is 0. The molecule has 0 aromatic heterocycles. The molecule has 0 amide bonds. The molecule has 0 aliphatic rings. The maximum atomic E-state index is 2.26. The molecule has 154 valence electrons. The van der Waals surface area contributed by atoms with E-state index in [1.807, 2.05) is 0 Å². The smallest absolute Gasteiger partial charge is 0.00196 e. The minimum Gasteiger partial charge on any atom is -0.0622 e. The first-order chi connectivity index (χ1) is 15.9. The summed E-state index contributed by atoms with van der Waals surface area (Å²) < 4.78 is 0. The second-order valence-corrected chi connectivity index (χ2v) is 8.18. The second kappa shape index (κ2) is 9.49. The molecule has 0 aliphatic carbocycles. The van der Waals surface area contributed by atoms with Gasteiger partial charge in [0, 0.05) is 0 Å². The number of hydrogen-bond donors (Lipinski definition) is 0. The van der Waals surface area contributed by atoms with E-state index in [1.54, 1.807) is 0 Å². The Bertz CT molecular complexity index is 1200. The Morgan fingerprint density at radius 1 is 0.281 bits per heavy atom. The van der Waals surface area contributed by atoms with Crippen molar-refractivity contribution in [1.29, 1.82) is 0 Å². The van der Waals surface area contributed by atoms with E-state index in [0.717, 1.165) is 12.8 Å². The molecule has 0 unspecified atom stereocenters. The van der Waals surface area contributed by atoms with Crippen molar-refractivity contribution in [2.75, 3.05) is 0 Å². The first-order valence-corrected chi connectivity index (χ1v) is 11.2. The first-order valence-electron chi connectivity index (χ1n) is 11.2. The van der Waals surface area contributed by atoms with Gasteiger partial charge in [0.05, 0.1) is 0 Å². The highest BCUT2D eigenvalue weighted by Crippen LogP contribution is 2.36. The Hall–Kier alpha value is -3.90. The lowest BCUT2D eigenvalue weighted by Gasteiger charge is -2.17. The third kappa shape index (κ3) is 4.40. The van der Waals surface area contributed by atoms with Crippen molar-refractivity contribution in [1.82, 2.24) is 0 Å². The van der Waals surface area contributed by atoms with E-state index in [1.165, 1.54) is 44.5 Å². The van der Waals surface area contributed by atoms with Crippen LogP contribution in [-0.4, -0.2) is 0 Å². The van der Waals surface area contributed by atoms with Crippen LogP contribution in [-0.2, 0) is 12.8 Å². The molecule has 5 rings (SSSR count). The second-order valence-electron chi connectivity index (χ2n) is 8.18. The van der Waals surface area contributed by atoms with Crippen LogP contribution < -0.4 is 0 Å². The SMILES string of the molecule is c1ccc(Cc2ccccc2-c2ccccc2-c2ccccc2Cc2ccccc2)cc1. The molecule has 0 saturated carbocycles. The predicted octanol–water partition coefficient (Wildman–Crippen LogP) is 8.20. The summed E-state index contributed by atoms with van der Waals surface area (Å²) in [5.74, 6) is 0. The Balaban J connectivity index is 1.59. The molecule has 5 aromatic rings. The Morgan fingerprint density at radius 3 is 1.00 bits per heavy atom. The Kier molecular flexibility index (Phi) is 5.94. The van der Waals surface area contributed by atoms with Crippen molar-refractivity contribution in [3.63, 3.8) is 0 Å². The van der Waals surface area contributed by atoms with E-state index in [9.17, 15) is 0 Å². The topological polar surface area (TPSA) is 0 Å². The molecule has 0 nitrogen and oxygen atoms in total. The number of hydrogen-bond acceptors (Lipinski definition) is 0. The lowest BCUT2D eigenvalue weighted by atomic mass is 9.87. The summed E-state index contributed by atoms with van der Waals surface area (Å²) in [4.78, 5) is 0. The van der Waals surface area contributed by atoms with Crippen molar-refractivity contribution < 1.29 is 0 Å². The highest BCUT2D eigenvalue weighted by atomic mass is 14.2. The van der Waals surface area contributed by atoms with Crippen molar-refractivity contribution in [3.05, 3.63) is 156 Å². The number of rotatable bonds is 6. The van der Waals surface area contributed by atoms with Gasteiger partial charge in [-0.1, -0.05) is 133 Å². The molecule has 5 aromatic carbocycles. The summed E-state index contributed by atoms with van der Waals surface area (Å²) in [7, 11) is 0. The normalized spacial score (nSPS) is 10.8. The van der Waals surface area contributed by atoms with Crippen LogP contribution in [0.15, 0.2) is 133 Å². The van der Waals surface area contributed by atoms with Gasteiger partial charge in [0.25, 0.3) is 0 Å². The highest BCUT2D eigenvalue weighted by molar-refractivity contribution is 5.86. The molecule has 0 heteroatoms. The summed E-state index contributed by atoms with van der Waals surface area (Å²) in [6.07, 6.45) is 1.86. The van der Waals surface area contributed by atoms with Gasteiger partial charge in [-0.15, -0.1) is 0 Å². The average Bonchev–Trinajstić information content (AvgIpc) is 2.86. The van der Waals surface area contributed by atoms with Crippen LogP contribution in [0.3, 0.4) is 0 Å². The largest absolute Gasteiger partial charge is 0.0622 e. The van der Waals surface area contributed by atoms with Crippen molar-refractivity contribution in [3.8, 4) is 22.3 Å². The lowest BCUT2D eigenvalue weighted by Crippen LogP contribution is -1.96. The zero-order valence-electron chi connectivity index (χ0n) is 18.1. The molecule has 0 spiro atoms. The van der Waals surface area contributed by atoms with Crippen LogP contribution >= 0.6 is 0 Å². The fraction of sp³-hybridized carbons (Fsp3) is 0.0625. The van der Waals surface area contributed by atoms with Crippen LogP contribution in [0.25, 0.3) is 22.3 Å². The van der Waals surface area contributed by atoms with Crippen LogP contribution in [0.1, 0.15) is 22.3 Å². The maximum Gasteiger partial charge on any atom is -0.00196 e. The standard InChI is InChI=1S/C32H26/c1-3-13-25(14-4-1)23-27-17-7-9-19-29(27)31-21-11-12-22-32(31)30-20-10-8-18-28(30)24-26-15-5-2-6-16-26/h1-22H,23-24H2. The summed E-state index contributed by atoms with van der Waals surface area (Å²) in [5, 5.41) is 0. The van der Waals surface area contributed by atoms with Crippen LogP contribution in [0.2, 0.25) is 0 Å². The van der Waals surface area contributed by atoms with Gasteiger partial charge in [-0.25, -0.2) is 0 Å². The fourth-order valence-electron chi connectivity index (χ4n) is 4.46. The van der Waals surface area contributed by atoms with Gasteiger partial charge in [0.2, 0.25) is 0 Å². The van der Waals surface area contributed by atoms with Crippen LogP contribution in [0, 0.1) is 0 Å². The molecule has 0 bridgehead atoms. The molecule has 0 atom stereocenters. The quantitative estimate of drug-likeness (QED) is 0.265. The van der Waals surface area contributed by atoms with Gasteiger partial charge >= 0.3 is 0 Å². The van der Waals surface area contributed by atoms with E-state index in [4.69, 9.17) is 0 Å². The van der Waals surface area contributed by atoms with Crippen LogP contribution in [0.4, 0.5) is 0 Å². The minimum absolute atomic E-state index is 0.928. The Labute approximate surface area is 190 Å². The predicted molar refractivity (Wildman–Crippen MR) is 136 cm³/mol. The van der Waals surface area contributed by atoms with Crippen molar-refractivity contribution >= 4 is 0 Å². The fourth-order valence-corrected chi connectivity index (χ4v) is 4.46. The van der Waals surface area contributed by atoms with Crippen molar-refractivity contribution in [2.24, 2.45) is 0 Å². The van der Waals surface area contributed by atoms with E-state index in [-0.39, 0.29) is 0 Å². The van der Waals surface area contributed by atoms with Crippen LogP contribution in [0.5, 0.6) is 0 Å². The zero-order chi connectivity index (χ0) is 21.6. The molecular weight excluding hydrogens is 384 g/mol. The highest BCUT2D eigenvalue weighted by Gasteiger charge is 2.13. The molecule has 0 fully saturated rings. The van der Waals surface area contributed by atoms with E-state index in [0.29, 0.717) is 0 Å². The van der Waals surface area contributed by atoms with Gasteiger partial charge < -0.3 is 0 Å². The van der Waals surface area contributed by atoms with Gasteiger partial charge in [0.1, 0.15) is 0 Å². The van der Waals surface area contributed by atoms with Gasteiger partial charge in [0.15, 0.2) is 0 Å². The van der Waals surface area contributed by atoms with Crippen molar-refractivity contribution in [2.45, 2.75) is 12.8 Å². The monoisotopic (exact) mass is 410 g/mol.